The molecule has 0 aliphatic heterocycles. The number of rotatable bonds is 7. The summed E-state index contributed by atoms with van der Waals surface area (Å²) in [5, 5.41) is 0. The van der Waals surface area contributed by atoms with Crippen molar-refractivity contribution in [1.82, 2.24) is 0 Å². The molecule has 0 atom stereocenters. The molecule has 0 saturated heterocycles. The minimum absolute atomic E-state index is 0.155. The first kappa shape index (κ1) is 10.9. The van der Waals surface area contributed by atoms with Crippen molar-refractivity contribution in [3.05, 3.63) is 25.3 Å². The molecule has 4 nitrogen and oxygen atoms in total. The van der Waals surface area contributed by atoms with E-state index >= 15 is 0 Å². The zero-order valence-corrected chi connectivity index (χ0v) is 6.82. The van der Waals surface area contributed by atoms with E-state index in [1.165, 1.54) is 0 Å². The van der Waals surface area contributed by atoms with Gasteiger partial charge in [0, 0.05) is 6.08 Å². The molecule has 12 heavy (non-hydrogen) atoms. The molecule has 0 aliphatic carbocycles. The van der Waals surface area contributed by atoms with E-state index in [1.54, 1.807) is 6.08 Å². The Bertz CT molecular complexity index is 153. The lowest BCUT2D eigenvalue weighted by Gasteiger charge is -2.01. The maximum atomic E-state index is 10.4. The van der Waals surface area contributed by atoms with E-state index in [-0.39, 0.29) is 13.2 Å². The number of esters is 1. The Kier molecular flexibility index (Phi) is 7.22. The maximum Gasteiger partial charge on any atom is 0.330 e. The van der Waals surface area contributed by atoms with E-state index in [1.807, 2.05) is 0 Å². The third-order valence-electron chi connectivity index (χ3n) is 0.847. The van der Waals surface area contributed by atoms with Crippen LogP contribution < -0.4 is 0 Å². The Morgan fingerprint density at radius 1 is 1.25 bits per heavy atom. The highest BCUT2D eigenvalue weighted by Crippen LogP contribution is 1.82. The number of ether oxygens (including phenoxy) is 1. The fraction of sp³-hybridized carbons (Fsp3) is 0.375. The van der Waals surface area contributed by atoms with Crippen molar-refractivity contribution in [3.63, 3.8) is 0 Å². The number of hydrogen-bond donors (Lipinski definition) is 0. The predicted octanol–water partition coefficient (Wildman–Crippen LogP) is 0.850. The standard InChI is InChI=1S/C8H12O4/c1-3-5-11-12-7-6-10-8(9)4-2/h3-4H,1-2,5-7H2. The highest BCUT2D eigenvalue weighted by Gasteiger charge is 1.94. The van der Waals surface area contributed by atoms with Gasteiger partial charge in [0.05, 0.1) is 0 Å². The average molecular weight is 172 g/mol. The minimum Gasteiger partial charge on any atom is -0.460 e. The highest BCUT2D eigenvalue weighted by atomic mass is 17.2. The quantitative estimate of drug-likeness (QED) is 0.143. The molecular formula is C8H12O4. The summed E-state index contributed by atoms with van der Waals surface area (Å²) in [5.74, 6) is -0.470. The van der Waals surface area contributed by atoms with Crippen LogP contribution in [0.1, 0.15) is 0 Å². The fourth-order valence-corrected chi connectivity index (χ4v) is 0.390. The first-order chi connectivity index (χ1) is 5.81. The molecule has 0 heterocycles. The summed E-state index contributed by atoms with van der Waals surface area (Å²) in [5.41, 5.74) is 0. The van der Waals surface area contributed by atoms with Crippen molar-refractivity contribution < 1.29 is 19.3 Å². The Hall–Kier alpha value is -1.13. The summed E-state index contributed by atoms with van der Waals surface area (Å²) in [6, 6.07) is 0. The summed E-state index contributed by atoms with van der Waals surface area (Å²) in [6.45, 7) is 7.32. The summed E-state index contributed by atoms with van der Waals surface area (Å²) in [7, 11) is 0. The summed E-state index contributed by atoms with van der Waals surface area (Å²) >= 11 is 0. The van der Waals surface area contributed by atoms with E-state index in [9.17, 15) is 4.79 Å². The first-order valence-electron chi connectivity index (χ1n) is 3.45. The second-order valence-corrected chi connectivity index (χ2v) is 1.77. The molecule has 0 saturated carbocycles. The van der Waals surface area contributed by atoms with E-state index in [0.717, 1.165) is 6.08 Å². The van der Waals surface area contributed by atoms with Gasteiger partial charge in [-0.1, -0.05) is 12.7 Å². The normalized spacial score (nSPS) is 9.00. The molecule has 0 unspecified atom stereocenters. The molecule has 68 valence electrons. The molecule has 0 N–H and O–H groups in total. The van der Waals surface area contributed by atoms with Crippen LogP contribution in [-0.4, -0.2) is 25.8 Å². The van der Waals surface area contributed by atoms with Crippen LogP contribution in [0.15, 0.2) is 25.3 Å². The highest BCUT2D eigenvalue weighted by molar-refractivity contribution is 5.81. The number of carbonyl (C=O) groups is 1. The van der Waals surface area contributed by atoms with Crippen LogP contribution in [0.5, 0.6) is 0 Å². The molecule has 0 aromatic heterocycles. The van der Waals surface area contributed by atoms with Gasteiger partial charge in [0.2, 0.25) is 0 Å². The molecule has 4 heteroatoms. The second-order valence-electron chi connectivity index (χ2n) is 1.77. The Morgan fingerprint density at radius 3 is 2.58 bits per heavy atom. The van der Waals surface area contributed by atoms with Gasteiger partial charge >= 0.3 is 5.97 Å². The SMILES string of the molecule is C=CCOOCCOC(=O)C=C. The van der Waals surface area contributed by atoms with Gasteiger partial charge in [0.25, 0.3) is 0 Å². The van der Waals surface area contributed by atoms with E-state index < -0.39 is 5.97 Å². The van der Waals surface area contributed by atoms with Gasteiger partial charge in [-0.2, -0.15) is 0 Å². The van der Waals surface area contributed by atoms with Gasteiger partial charge in [0.15, 0.2) is 0 Å². The number of hydrogen-bond acceptors (Lipinski definition) is 4. The van der Waals surface area contributed by atoms with Crippen LogP contribution >= 0.6 is 0 Å². The van der Waals surface area contributed by atoms with Crippen molar-refractivity contribution >= 4 is 5.97 Å². The zero-order valence-electron chi connectivity index (χ0n) is 6.82. The topological polar surface area (TPSA) is 44.8 Å². The largest absolute Gasteiger partial charge is 0.460 e. The van der Waals surface area contributed by atoms with Crippen LogP contribution in [0, 0.1) is 0 Å². The molecule has 0 fully saturated rings. The van der Waals surface area contributed by atoms with Gasteiger partial charge in [0.1, 0.15) is 19.8 Å². The Morgan fingerprint density at radius 2 is 2.00 bits per heavy atom. The maximum absolute atomic E-state index is 10.4. The van der Waals surface area contributed by atoms with E-state index in [4.69, 9.17) is 0 Å². The van der Waals surface area contributed by atoms with Crippen molar-refractivity contribution in [3.8, 4) is 0 Å². The molecule has 0 radical (unpaired) electrons. The third kappa shape index (κ3) is 6.98. The zero-order chi connectivity index (χ0) is 9.23. The molecule has 0 aromatic carbocycles. The van der Waals surface area contributed by atoms with Gasteiger partial charge in [-0.05, 0) is 0 Å². The lowest BCUT2D eigenvalue weighted by Crippen LogP contribution is -2.08. The van der Waals surface area contributed by atoms with Crippen molar-refractivity contribution in [2.75, 3.05) is 19.8 Å². The molecule has 0 aliphatic rings. The van der Waals surface area contributed by atoms with Gasteiger partial charge in [-0.15, -0.1) is 6.58 Å². The minimum atomic E-state index is -0.470. The Balaban J connectivity index is 3.05. The van der Waals surface area contributed by atoms with Crippen molar-refractivity contribution in [1.29, 1.82) is 0 Å². The number of carbonyl (C=O) groups excluding carboxylic acids is 1. The molecule has 0 bridgehead atoms. The van der Waals surface area contributed by atoms with Gasteiger partial charge < -0.3 is 4.74 Å². The van der Waals surface area contributed by atoms with Crippen molar-refractivity contribution in [2.24, 2.45) is 0 Å². The van der Waals surface area contributed by atoms with Crippen LogP contribution in [0.4, 0.5) is 0 Å². The molecule has 0 rings (SSSR count). The lowest BCUT2D eigenvalue weighted by atomic mass is 10.6. The average Bonchev–Trinajstić information content (AvgIpc) is 2.10. The van der Waals surface area contributed by atoms with Crippen LogP contribution in [-0.2, 0) is 19.3 Å². The van der Waals surface area contributed by atoms with E-state index in [0.29, 0.717) is 6.61 Å². The predicted molar refractivity (Wildman–Crippen MR) is 43.3 cm³/mol. The monoisotopic (exact) mass is 172 g/mol. The summed E-state index contributed by atoms with van der Waals surface area (Å²) in [4.78, 5) is 19.6. The smallest absolute Gasteiger partial charge is 0.330 e. The third-order valence-corrected chi connectivity index (χ3v) is 0.847. The van der Waals surface area contributed by atoms with Gasteiger partial charge in [-0.3, -0.25) is 0 Å². The van der Waals surface area contributed by atoms with Crippen LogP contribution in [0.3, 0.4) is 0 Å². The van der Waals surface area contributed by atoms with Gasteiger partial charge in [-0.25, -0.2) is 14.6 Å². The van der Waals surface area contributed by atoms with Crippen LogP contribution in [0.25, 0.3) is 0 Å². The van der Waals surface area contributed by atoms with E-state index in [2.05, 4.69) is 27.7 Å². The van der Waals surface area contributed by atoms with Crippen LogP contribution in [0.2, 0.25) is 0 Å². The summed E-state index contributed by atoms with van der Waals surface area (Å²) in [6.07, 6.45) is 2.64. The lowest BCUT2D eigenvalue weighted by molar-refractivity contribution is -0.290. The Labute approximate surface area is 71.3 Å². The molecule has 0 spiro atoms. The second kappa shape index (κ2) is 7.97. The molecule has 0 amide bonds. The molecule has 0 aromatic rings. The van der Waals surface area contributed by atoms with Crippen molar-refractivity contribution in [2.45, 2.75) is 0 Å². The first-order valence-corrected chi connectivity index (χ1v) is 3.45. The molecular weight excluding hydrogens is 160 g/mol. The fourth-order valence-electron chi connectivity index (χ4n) is 0.390. The summed E-state index contributed by atoms with van der Waals surface area (Å²) < 4.78 is 4.58.